The predicted molar refractivity (Wildman–Crippen MR) is 123 cm³/mol. The monoisotopic (exact) mass is 455 g/mol. The third-order valence-corrected chi connectivity index (χ3v) is 7.60. The molecule has 2 aromatic rings. The lowest BCUT2D eigenvalue weighted by atomic mass is 9.95. The molecular weight excluding hydrogens is 426 g/mol. The Hall–Kier alpha value is -2.87. The van der Waals surface area contributed by atoms with Crippen LogP contribution < -0.4 is 10.0 Å². The summed E-state index contributed by atoms with van der Waals surface area (Å²) in [5.41, 5.74) is 2.42. The van der Waals surface area contributed by atoms with Gasteiger partial charge in [-0.15, -0.1) is 0 Å². The number of piperidine rings is 1. The minimum absolute atomic E-state index is 0.0458. The molecule has 1 saturated heterocycles. The summed E-state index contributed by atoms with van der Waals surface area (Å²) in [6, 6.07) is 12.1. The number of rotatable bonds is 6. The van der Waals surface area contributed by atoms with Crippen LogP contribution in [0.15, 0.2) is 47.4 Å². The lowest BCUT2D eigenvalue weighted by Gasteiger charge is -2.31. The molecule has 1 aliphatic heterocycles. The number of carbonyl (C=O) groups is 2. The second-order valence-corrected chi connectivity index (χ2v) is 10.5. The molecular formula is C24H29N3O4S. The average Bonchev–Trinajstić information content (AvgIpc) is 3.57. The summed E-state index contributed by atoms with van der Waals surface area (Å²) in [7, 11) is -3.77. The molecule has 1 saturated carbocycles. The second kappa shape index (κ2) is 8.94. The van der Waals surface area contributed by atoms with Crippen LogP contribution in [0.3, 0.4) is 0 Å². The molecule has 4 rings (SSSR count). The number of carbonyl (C=O) groups excluding carboxylic acids is 2. The largest absolute Gasteiger partial charge is 0.353 e. The van der Waals surface area contributed by atoms with Crippen LogP contribution in [0.25, 0.3) is 0 Å². The molecule has 2 aromatic carbocycles. The van der Waals surface area contributed by atoms with Crippen molar-refractivity contribution in [1.82, 2.24) is 10.2 Å². The van der Waals surface area contributed by atoms with Crippen LogP contribution in [-0.4, -0.2) is 44.3 Å². The number of hydrogen-bond donors (Lipinski definition) is 2. The van der Waals surface area contributed by atoms with Crippen LogP contribution in [0.2, 0.25) is 0 Å². The summed E-state index contributed by atoms with van der Waals surface area (Å²) >= 11 is 0. The molecule has 2 fully saturated rings. The number of nitrogens with one attached hydrogen (secondary N) is 2. The molecule has 0 spiro atoms. The Morgan fingerprint density at radius 1 is 0.969 bits per heavy atom. The third kappa shape index (κ3) is 5.12. The van der Waals surface area contributed by atoms with Crippen molar-refractivity contribution in [3.05, 3.63) is 59.2 Å². The van der Waals surface area contributed by atoms with Crippen LogP contribution in [-0.2, 0) is 14.8 Å². The predicted octanol–water partition coefficient (Wildman–Crippen LogP) is 3.24. The van der Waals surface area contributed by atoms with Gasteiger partial charge in [0, 0.05) is 36.3 Å². The molecule has 0 atom stereocenters. The fourth-order valence-corrected chi connectivity index (χ4v) is 5.38. The first kappa shape index (κ1) is 22.3. The van der Waals surface area contributed by atoms with Gasteiger partial charge in [0.25, 0.3) is 15.9 Å². The SMILES string of the molecule is Cc1ccc(S(=O)(=O)Nc2cccc(C(=O)N3CCC(C(=O)NC4CC4)CC3)c2)c(C)c1. The smallest absolute Gasteiger partial charge is 0.262 e. The molecule has 2 aliphatic rings. The maximum atomic E-state index is 13.0. The first-order chi connectivity index (χ1) is 15.2. The number of nitrogens with zero attached hydrogens (tertiary/aromatic N) is 1. The van der Waals surface area contributed by atoms with Gasteiger partial charge in [0.05, 0.1) is 4.90 Å². The number of aryl methyl sites for hydroxylation is 2. The molecule has 170 valence electrons. The maximum absolute atomic E-state index is 13.0. The standard InChI is InChI=1S/C24H29N3O4S/c1-16-6-9-22(17(2)14-16)32(30,31)26-21-5-3-4-19(15-21)24(29)27-12-10-18(11-13-27)23(28)25-20-7-8-20/h3-6,9,14-15,18,20,26H,7-8,10-13H2,1-2H3,(H,25,28). The van der Waals surface area contributed by atoms with Crippen molar-refractivity contribution in [2.75, 3.05) is 17.8 Å². The summed E-state index contributed by atoms with van der Waals surface area (Å²) in [5, 5.41) is 3.04. The van der Waals surface area contributed by atoms with E-state index < -0.39 is 10.0 Å². The molecule has 2 amide bonds. The molecule has 0 radical (unpaired) electrons. The van der Waals surface area contributed by atoms with Crippen LogP contribution in [0.4, 0.5) is 5.69 Å². The van der Waals surface area contributed by atoms with E-state index in [0.29, 0.717) is 48.8 Å². The van der Waals surface area contributed by atoms with Crippen molar-refractivity contribution in [1.29, 1.82) is 0 Å². The summed E-state index contributed by atoms with van der Waals surface area (Å²) in [6.07, 6.45) is 3.41. The van der Waals surface area contributed by atoms with E-state index in [9.17, 15) is 18.0 Å². The number of anilines is 1. The molecule has 0 unspecified atom stereocenters. The van der Waals surface area contributed by atoms with Crippen molar-refractivity contribution >= 4 is 27.5 Å². The van der Waals surface area contributed by atoms with E-state index in [1.165, 1.54) is 0 Å². The van der Waals surface area contributed by atoms with Gasteiger partial charge < -0.3 is 10.2 Å². The van der Waals surface area contributed by atoms with E-state index in [2.05, 4.69) is 10.0 Å². The lowest BCUT2D eigenvalue weighted by molar-refractivity contribution is -0.126. The van der Waals surface area contributed by atoms with Crippen molar-refractivity contribution < 1.29 is 18.0 Å². The molecule has 32 heavy (non-hydrogen) atoms. The molecule has 1 aliphatic carbocycles. The Morgan fingerprint density at radius 2 is 1.69 bits per heavy atom. The highest BCUT2D eigenvalue weighted by molar-refractivity contribution is 7.92. The van der Waals surface area contributed by atoms with Crippen LogP contribution >= 0.6 is 0 Å². The minimum atomic E-state index is -3.77. The number of benzene rings is 2. The zero-order valence-electron chi connectivity index (χ0n) is 18.4. The molecule has 7 nitrogen and oxygen atoms in total. The van der Waals surface area contributed by atoms with E-state index in [-0.39, 0.29) is 22.6 Å². The van der Waals surface area contributed by atoms with Gasteiger partial charge in [-0.2, -0.15) is 0 Å². The normalized spacial score (nSPS) is 17.1. The van der Waals surface area contributed by atoms with Crippen LogP contribution in [0.5, 0.6) is 0 Å². The zero-order chi connectivity index (χ0) is 22.9. The van der Waals surface area contributed by atoms with E-state index in [1.54, 1.807) is 48.2 Å². The van der Waals surface area contributed by atoms with Gasteiger partial charge in [-0.05, 0) is 69.4 Å². The second-order valence-electron chi connectivity index (χ2n) is 8.80. The molecule has 0 bridgehead atoms. The maximum Gasteiger partial charge on any atom is 0.262 e. The minimum Gasteiger partial charge on any atom is -0.353 e. The van der Waals surface area contributed by atoms with E-state index in [1.807, 2.05) is 13.0 Å². The van der Waals surface area contributed by atoms with Crippen molar-refractivity contribution in [3.63, 3.8) is 0 Å². The Kier molecular flexibility index (Phi) is 6.24. The van der Waals surface area contributed by atoms with Gasteiger partial charge in [0.2, 0.25) is 5.91 Å². The van der Waals surface area contributed by atoms with Crippen molar-refractivity contribution in [2.24, 2.45) is 5.92 Å². The molecule has 8 heteroatoms. The summed E-state index contributed by atoms with van der Waals surface area (Å²) in [5.74, 6) is -0.100. The molecule has 0 aromatic heterocycles. The fraction of sp³-hybridized carbons (Fsp3) is 0.417. The first-order valence-corrected chi connectivity index (χ1v) is 12.5. The van der Waals surface area contributed by atoms with Gasteiger partial charge >= 0.3 is 0 Å². The van der Waals surface area contributed by atoms with Gasteiger partial charge in [-0.25, -0.2) is 8.42 Å². The van der Waals surface area contributed by atoms with Crippen LogP contribution in [0, 0.1) is 19.8 Å². The van der Waals surface area contributed by atoms with E-state index in [4.69, 9.17) is 0 Å². The van der Waals surface area contributed by atoms with Crippen molar-refractivity contribution in [2.45, 2.75) is 50.5 Å². The number of hydrogen-bond acceptors (Lipinski definition) is 4. The highest BCUT2D eigenvalue weighted by atomic mass is 32.2. The van der Waals surface area contributed by atoms with E-state index >= 15 is 0 Å². The third-order valence-electron chi connectivity index (χ3n) is 6.06. The van der Waals surface area contributed by atoms with Crippen molar-refractivity contribution in [3.8, 4) is 0 Å². The highest BCUT2D eigenvalue weighted by Gasteiger charge is 2.31. The topological polar surface area (TPSA) is 95.6 Å². The molecule has 1 heterocycles. The van der Waals surface area contributed by atoms with Gasteiger partial charge in [0.1, 0.15) is 0 Å². The number of amides is 2. The van der Waals surface area contributed by atoms with Crippen LogP contribution in [0.1, 0.15) is 47.2 Å². The molecule has 2 N–H and O–H groups in total. The summed E-state index contributed by atoms with van der Waals surface area (Å²) in [4.78, 5) is 27.2. The summed E-state index contributed by atoms with van der Waals surface area (Å²) < 4.78 is 28.3. The fourth-order valence-electron chi connectivity index (χ4n) is 4.10. The number of sulfonamides is 1. The lowest BCUT2D eigenvalue weighted by Crippen LogP contribution is -2.43. The Bertz CT molecular complexity index is 1130. The van der Waals surface area contributed by atoms with Gasteiger partial charge in [-0.1, -0.05) is 23.8 Å². The Balaban J connectivity index is 1.41. The highest BCUT2D eigenvalue weighted by Crippen LogP contribution is 2.25. The Morgan fingerprint density at radius 3 is 2.34 bits per heavy atom. The average molecular weight is 456 g/mol. The first-order valence-electron chi connectivity index (χ1n) is 11.0. The Labute approximate surface area is 189 Å². The zero-order valence-corrected chi connectivity index (χ0v) is 19.2. The van der Waals surface area contributed by atoms with Gasteiger partial charge in [-0.3, -0.25) is 14.3 Å². The van der Waals surface area contributed by atoms with Gasteiger partial charge in [0.15, 0.2) is 0 Å². The summed E-state index contributed by atoms with van der Waals surface area (Å²) in [6.45, 7) is 4.70. The quantitative estimate of drug-likeness (QED) is 0.699. The van der Waals surface area contributed by atoms with E-state index in [0.717, 1.165) is 18.4 Å². The number of likely N-dealkylation sites (tertiary alicyclic amines) is 1.